The van der Waals surface area contributed by atoms with Crippen LogP contribution in [0.25, 0.3) is 11.3 Å². The van der Waals surface area contributed by atoms with Gasteiger partial charge in [0.25, 0.3) is 5.91 Å². The number of nitrogens with one attached hydrogen (secondary N) is 1. The van der Waals surface area contributed by atoms with Gasteiger partial charge in [0.2, 0.25) is 0 Å². The molecule has 1 aromatic carbocycles. The molecule has 0 radical (unpaired) electrons. The van der Waals surface area contributed by atoms with Crippen LogP contribution in [0, 0.1) is 6.92 Å². The monoisotopic (exact) mass is 411 g/mol. The molecular formula is C19H20F3N3O2S. The Balaban J connectivity index is 1.71. The van der Waals surface area contributed by atoms with Crippen molar-refractivity contribution in [2.75, 3.05) is 13.1 Å². The molecule has 9 heteroatoms. The van der Waals surface area contributed by atoms with Crippen molar-refractivity contribution in [2.45, 2.75) is 38.4 Å². The lowest BCUT2D eigenvalue weighted by Crippen LogP contribution is -2.51. The Morgan fingerprint density at radius 1 is 1.25 bits per heavy atom. The maximum absolute atomic E-state index is 12.9. The number of likely N-dealkylation sites (tertiary alicyclic amines) is 1. The number of aryl methyl sites for hydroxylation is 1. The Kier molecular flexibility index (Phi) is 6.02. The molecule has 1 aromatic heterocycles. The number of piperidine rings is 1. The molecule has 1 fully saturated rings. The largest absolute Gasteiger partial charge is 0.471 e. The fourth-order valence-corrected chi connectivity index (χ4v) is 3.92. The summed E-state index contributed by atoms with van der Waals surface area (Å²) in [5.41, 5.74) is 2.70. The van der Waals surface area contributed by atoms with Crippen LogP contribution in [0.1, 0.15) is 34.6 Å². The first-order chi connectivity index (χ1) is 13.3. The fourth-order valence-electron chi connectivity index (χ4n) is 3.14. The van der Waals surface area contributed by atoms with Gasteiger partial charge in [0.05, 0.1) is 5.69 Å². The number of hydrogen-bond acceptors (Lipinski definition) is 4. The van der Waals surface area contributed by atoms with E-state index in [0.717, 1.165) is 24.0 Å². The van der Waals surface area contributed by atoms with Gasteiger partial charge >= 0.3 is 12.1 Å². The van der Waals surface area contributed by atoms with Crippen LogP contribution in [0.15, 0.2) is 29.6 Å². The first-order valence-electron chi connectivity index (χ1n) is 8.94. The highest BCUT2D eigenvalue weighted by Crippen LogP contribution is 2.26. The number of aromatic nitrogens is 1. The second-order valence-corrected chi connectivity index (χ2v) is 7.62. The molecular weight excluding hydrogens is 391 g/mol. The average Bonchev–Trinajstić information content (AvgIpc) is 3.15. The number of carbonyl (C=O) groups is 2. The number of benzene rings is 1. The molecule has 1 unspecified atom stereocenters. The molecule has 3 rings (SSSR count). The zero-order valence-corrected chi connectivity index (χ0v) is 16.1. The third-order valence-corrected chi connectivity index (χ3v) is 5.51. The Labute approximate surface area is 164 Å². The van der Waals surface area contributed by atoms with E-state index in [-0.39, 0.29) is 12.5 Å². The average molecular weight is 411 g/mol. The van der Waals surface area contributed by atoms with Gasteiger partial charge in [-0.2, -0.15) is 13.2 Å². The Morgan fingerprint density at radius 2 is 1.96 bits per heavy atom. The third kappa shape index (κ3) is 4.70. The predicted molar refractivity (Wildman–Crippen MR) is 100 cm³/mol. The zero-order valence-electron chi connectivity index (χ0n) is 15.3. The van der Waals surface area contributed by atoms with Gasteiger partial charge in [-0.3, -0.25) is 9.59 Å². The summed E-state index contributed by atoms with van der Waals surface area (Å²) in [7, 11) is 0. The molecule has 1 aliphatic rings. The van der Waals surface area contributed by atoms with Crippen LogP contribution in [-0.4, -0.2) is 47.0 Å². The molecule has 2 aromatic rings. The van der Waals surface area contributed by atoms with Crippen LogP contribution in [-0.2, 0) is 4.79 Å². The molecule has 0 saturated carbocycles. The quantitative estimate of drug-likeness (QED) is 0.833. The maximum atomic E-state index is 12.9. The summed E-state index contributed by atoms with van der Waals surface area (Å²) in [4.78, 5) is 29.9. The minimum Gasteiger partial charge on any atom is -0.346 e. The van der Waals surface area contributed by atoms with Crippen LogP contribution in [0.2, 0.25) is 0 Å². The Hall–Kier alpha value is -2.42. The number of carbonyl (C=O) groups excluding carboxylic acids is 2. The van der Waals surface area contributed by atoms with Crippen molar-refractivity contribution in [1.82, 2.24) is 15.2 Å². The Morgan fingerprint density at radius 3 is 2.64 bits per heavy atom. The number of thiazole rings is 1. The number of alkyl halides is 3. The van der Waals surface area contributed by atoms with Gasteiger partial charge < -0.3 is 10.2 Å². The van der Waals surface area contributed by atoms with Gasteiger partial charge in [-0.1, -0.05) is 29.8 Å². The minimum atomic E-state index is -4.93. The molecule has 150 valence electrons. The number of amides is 2. The van der Waals surface area contributed by atoms with Crippen molar-refractivity contribution < 1.29 is 22.8 Å². The van der Waals surface area contributed by atoms with Crippen molar-refractivity contribution in [2.24, 2.45) is 0 Å². The third-order valence-electron chi connectivity index (χ3n) is 4.68. The highest BCUT2D eigenvalue weighted by atomic mass is 32.1. The summed E-state index contributed by atoms with van der Waals surface area (Å²) in [6.07, 6.45) is -2.82. The summed E-state index contributed by atoms with van der Waals surface area (Å²) < 4.78 is 37.2. The van der Waals surface area contributed by atoms with E-state index < -0.39 is 18.1 Å². The molecule has 0 aliphatic carbocycles. The molecule has 2 heterocycles. The van der Waals surface area contributed by atoms with Crippen LogP contribution < -0.4 is 5.32 Å². The van der Waals surface area contributed by atoms with Gasteiger partial charge in [-0.15, -0.1) is 11.3 Å². The summed E-state index contributed by atoms with van der Waals surface area (Å²) in [5.74, 6) is -2.30. The van der Waals surface area contributed by atoms with Gasteiger partial charge in [-0.25, -0.2) is 4.98 Å². The van der Waals surface area contributed by atoms with E-state index in [4.69, 9.17) is 0 Å². The zero-order chi connectivity index (χ0) is 20.3. The second-order valence-electron chi connectivity index (χ2n) is 6.76. The van der Waals surface area contributed by atoms with Crippen LogP contribution in [0.5, 0.6) is 0 Å². The predicted octanol–water partition coefficient (Wildman–Crippen LogP) is 3.79. The van der Waals surface area contributed by atoms with Crippen molar-refractivity contribution >= 4 is 23.2 Å². The van der Waals surface area contributed by atoms with E-state index in [2.05, 4.69) is 4.98 Å². The van der Waals surface area contributed by atoms with Gasteiger partial charge in [0.15, 0.2) is 5.01 Å². The molecule has 0 bridgehead atoms. The van der Waals surface area contributed by atoms with Crippen LogP contribution >= 0.6 is 11.3 Å². The number of nitrogens with zero attached hydrogens (tertiary/aromatic N) is 2. The highest BCUT2D eigenvalue weighted by molar-refractivity contribution is 7.12. The van der Waals surface area contributed by atoms with Crippen molar-refractivity contribution in [3.8, 4) is 11.3 Å². The molecule has 1 saturated heterocycles. The van der Waals surface area contributed by atoms with Crippen molar-refractivity contribution in [3.63, 3.8) is 0 Å². The van der Waals surface area contributed by atoms with Gasteiger partial charge in [0.1, 0.15) is 0 Å². The van der Waals surface area contributed by atoms with E-state index in [1.165, 1.54) is 16.2 Å². The van der Waals surface area contributed by atoms with Crippen LogP contribution in [0.3, 0.4) is 0 Å². The molecule has 28 heavy (non-hydrogen) atoms. The van der Waals surface area contributed by atoms with E-state index in [0.29, 0.717) is 23.7 Å². The lowest BCUT2D eigenvalue weighted by Gasteiger charge is -2.35. The second kappa shape index (κ2) is 8.30. The molecule has 1 aliphatic heterocycles. The van der Waals surface area contributed by atoms with E-state index in [9.17, 15) is 22.8 Å². The van der Waals surface area contributed by atoms with Crippen molar-refractivity contribution in [1.29, 1.82) is 0 Å². The van der Waals surface area contributed by atoms with Gasteiger partial charge in [0, 0.05) is 30.1 Å². The fraction of sp³-hybridized carbons (Fsp3) is 0.421. The van der Waals surface area contributed by atoms with E-state index >= 15 is 0 Å². The standard InChI is InChI=1S/C19H20F3N3O2S/c1-12-5-7-13(8-6-12)15-11-28-16(24-15)17(26)25-9-3-2-4-14(25)10-23-18(27)19(20,21)22/h5-8,11,14H,2-4,9-10H2,1H3,(H,23,27). The highest BCUT2D eigenvalue weighted by Gasteiger charge is 2.39. The Bertz CT molecular complexity index is 849. The topological polar surface area (TPSA) is 62.3 Å². The van der Waals surface area contributed by atoms with E-state index in [1.54, 1.807) is 5.38 Å². The van der Waals surface area contributed by atoms with Crippen LogP contribution in [0.4, 0.5) is 13.2 Å². The summed E-state index contributed by atoms with van der Waals surface area (Å²) in [6, 6.07) is 7.30. The number of rotatable bonds is 4. The smallest absolute Gasteiger partial charge is 0.346 e. The number of hydrogen-bond donors (Lipinski definition) is 1. The lowest BCUT2D eigenvalue weighted by atomic mass is 10.0. The molecule has 0 spiro atoms. The SMILES string of the molecule is Cc1ccc(-c2csc(C(=O)N3CCCCC3CNC(=O)C(F)(F)F)n2)cc1. The van der Waals surface area contributed by atoms with Gasteiger partial charge in [-0.05, 0) is 26.2 Å². The summed E-state index contributed by atoms with van der Waals surface area (Å²) >= 11 is 1.21. The molecule has 5 nitrogen and oxygen atoms in total. The lowest BCUT2D eigenvalue weighted by molar-refractivity contribution is -0.173. The maximum Gasteiger partial charge on any atom is 0.471 e. The van der Waals surface area contributed by atoms with Crippen molar-refractivity contribution in [3.05, 3.63) is 40.2 Å². The summed E-state index contributed by atoms with van der Waals surface area (Å²) in [5, 5.41) is 3.98. The first-order valence-corrected chi connectivity index (χ1v) is 9.82. The summed E-state index contributed by atoms with van der Waals surface area (Å²) in [6.45, 7) is 2.19. The first kappa shape index (κ1) is 20.3. The number of halogens is 3. The molecule has 2 amide bonds. The molecule has 1 atom stereocenters. The van der Waals surface area contributed by atoms with E-state index in [1.807, 2.05) is 36.5 Å². The normalized spacial score (nSPS) is 17.4. The molecule has 1 N–H and O–H groups in total. The minimum absolute atomic E-state index is 0.222.